The molecule has 8 heteroatoms. The van der Waals surface area contributed by atoms with E-state index < -0.39 is 0 Å². The van der Waals surface area contributed by atoms with Crippen molar-refractivity contribution >= 4 is 12.4 Å². The van der Waals surface area contributed by atoms with Gasteiger partial charge in [0.1, 0.15) is 6.29 Å². The van der Waals surface area contributed by atoms with Crippen LogP contribution in [0.5, 0.6) is 0 Å². The molecule has 0 aromatic heterocycles. The van der Waals surface area contributed by atoms with Gasteiger partial charge in [0.25, 0.3) is 0 Å². The standard InChI is InChI=1S/C22H35NO7/c24-9-5-10-26-12-14-28-16-17-29-15-13-27-11-8-23-22(25)30-18-21-19-6-3-1-2-4-7-20(19)21/h9,19-21H,3-8,10-18H2,(H,23,25). The van der Waals surface area contributed by atoms with Gasteiger partial charge in [-0.2, -0.15) is 0 Å². The molecule has 8 nitrogen and oxygen atoms in total. The van der Waals surface area contributed by atoms with Crippen LogP contribution >= 0.6 is 0 Å². The van der Waals surface area contributed by atoms with Gasteiger partial charge in [-0.25, -0.2) is 4.79 Å². The predicted molar refractivity (Wildman–Crippen MR) is 110 cm³/mol. The first-order valence-electron chi connectivity index (χ1n) is 10.9. The zero-order valence-electron chi connectivity index (χ0n) is 17.8. The summed E-state index contributed by atoms with van der Waals surface area (Å²) in [6.07, 6.45) is 5.07. The van der Waals surface area contributed by atoms with E-state index in [1.807, 2.05) is 0 Å². The highest BCUT2D eigenvalue weighted by Crippen LogP contribution is 2.52. The molecule has 0 radical (unpaired) electrons. The van der Waals surface area contributed by atoms with Gasteiger partial charge in [0.05, 0.1) is 59.5 Å². The van der Waals surface area contributed by atoms with E-state index in [2.05, 4.69) is 17.2 Å². The maximum Gasteiger partial charge on any atom is 0.407 e. The van der Waals surface area contributed by atoms with Crippen molar-refractivity contribution in [3.05, 3.63) is 0 Å². The van der Waals surface area contributed by atoms with Crippen molar-refractivity contribution < 1.29 is 33.3 Å². The Bertz CT molecular complexity index is 527. The van der Waals surface area contributed by atoms with E-state index in [0.717, 1.165) is 32.0 Å². The molecular formula is C22H35NO7. The second kappa shape index (κ2) is 16.1. The monoisotopic (exact) mass is 425 g/mol. The fourth-order valence-electron chi connectivity index (χ4n) is 3.62. The van der Waals surface area contributed by atoms with Crippen LogP contribution in [-0.2, 0) is 28.5 Å². The fraction of sp³-hybridized carbons (Fsp3) is 0.818. The molecule has 30 heavy (non-hydrogen) atoms. The number of alkyl carbamates (subject to hydrolysis) is 1. The van der Waals surface area contributed by atoms with Crippen molar-refractivity contribution in [3.8, 4) is 11.8 Å². The number of rotatable bonds is 17. The van der Waals surface area contributed by atoms with Gasteiger partial charge in [-0.3, -0.25) is 0 Å². The lowest BCUT2D eigenvalue weighted by Crippen LogP contribution is -2.29. The highest BCUT2D eigenvalue weighted by molar-refractivity contribution is 5.67. The lowest BCUT2D eigenvalue weighted by atomic mass is 10.1. The van der Waals surface area contributed by atoms with Gasteiger partial charge in [0, 0.05) is 25.8 Å². The molecule has 0 spiro atoms. The summed E-state index contributed by atoms with van der Waals surface area (Å²) in [7, 11) is 0. The number of carbonyl (C=O) groups is 2. The fourth-order valence-corrected chi connectivity index (χ4v) is 3.62. The van der Waals surface area contributed by atoms with Gasteiger partial charge >= 0.3 is 6.09 Å². The molecule has 0 saturated heterocycles. The van der Waals surface area contributed by atoms with Crippen LogP contribution in [0.4, 0.5) is 4.79 Å². The Kier molecular flexibility index (Phi) is 13.2. The van der Waals surface area contributed by atoms with Crippen molar-refractivity contribution in [1.82, 2.24) is 5.32 Å². The molecule has 1 fully saturated rings. The molecule has 1 N–H and O–H groups in total. The number of amides is 1. The molecule has 1 amide bonds. The predicted octanol–water partition coefficient (Wildman–Crippen LogP) is 1.81. The summed E-state index contributed by atoms with van der Waals surface area (Å²) in [6.45, 7) is 4.62. The average molecular weight is 426 g/mol. The summed E-state index contributed by atoms with van der Waals surface area (Å²) >= 11 is 0. The van der Waals surface area contributed by atoms with Crippen LogP contribution in [0.1, 0.15) is 32.1 Å². The molecule has 1 saturated carbocycles. The highest BCUT2D eigenvalue weighted by Gasteiger charge is 2.49. The minimum atomic E-state index is -0.377. The van der Waals surface area contributed by atoms with Crippen LogP contribution in [0.15, 0.2) is 0 Å². The summed E-state index contributed by atoms with van der Waals surface area (Å²) < 4.78 is 26.6. The lowest BCUT2D eigenvalue weighted by Gasteiger charge is -2.08. The zero-order valence-corrected chi connectivity index (χ0v) is 17.8. The molecule has 2 aliphatic carbocycles. The van der Waals surface area contributed by atoms with Crippen molar-refractivity contribution in [2.75, 3.05) is 66.0 Å². The molecule has 0 aromatic carbocycles. The zero-order chi connectivity index (χ0) is 21.3. The Labute approximate surface area is 179 Å². The van der Waals surface area contributed by atoms with Crippen LogP contribution in [0.2, 0.25) is 0 Å². The largest absolute Gasteiger partial charge is 0.449 e. The van der Waals surface area contributed by atoms with Crippen LogP contribution < -0.4 is 5.32 Å². The number of fused-ring (bicyclic) bond motifs is 1. The summed E-state index contributed by atoms with van der Waals surface area (Å²) in [4.78, 5) is 21.9. The minimum Gasteiger partial charge on any atom is -0.449 e. The van der Waals surface area contributed by atoms with E-state index in [1.165, 1.54) is 0 Å². The maximum atomic E-state index is 11.8. The van der Waals surface area contributed by atoms with Gasteiger partial charge in [-0.1, -0.05) is 0 Å². The third-order valence-corrected chi connectivity index (χ3v) is 5.26. The van der Waals surface area contributed by atoms with Gasteiger partial charge in [-0.15, -0.1) is 11.8 Å². The lowest BCUT2D eigenvalue weighted by molar-refractivity contribution is -0.108. The first-order valence-corrected chi connectivity index (χ1v) is 10.9. The average Bonchev–Trinajstić information content (AvgIpc) is 3.38. The molecule has 2 unspecified atom stereocenters. The molecule has 2 aliphatic rings. The molecule has 0 aliphatic heterocycles. The van der Waals surface area contributed by atoms with Crippen molar-refractivity contribution in [1.29, 1.82) is 0 Å². The van der Waals surface area contributed by atoms with Crippen LogP contribution in [-0.4, -0.2) is 78.4 Å². The maximum absolute atomic E-state index is 11.8. The van der Waals surface area contributed by atoms with Gasteiger partial charge in [-0.05, 0) is 30.6 Å². The number of aldehydes is 1. The Balaban J connectivity index is 1.29. The third kappa shape index (κ3) is 10.9. The second-order valence-electron chi connectivity index (χ2n) is 7.35. The number of hydrogen-bond acceptors (Lipinski definition) is 7. The number of nitrogens with one attached hydrogen (secondary N) is 1. The Morgan fingerprint density at radius 2 is 1.37 bits per heavy atom. The molecule has 2 rings (SSSR count). The third-order valence-electron chi connectivity index (χ3n) is 5.26. The van der Waals surface area contributed by atoms with Crippen molar-refractivity contribution in [2.45, 2.75) is 32.1 Å². The second-order valence-corrected chi connectivity index (χ2v) is 7.35. The quantitative estimate of drug-likeness (QED) is 0.216. The first kappa shape index (κ1) is 24.6. The van der Waals surface area contributed by atoms with E-state index in [0.29, 0.717) is 90.2 Å². The van der Waals surface area contributed by atoms with Crippen LogP contribution in [0, 0.1) is 29.6 Å². The van der Waals surface area contributed by atoms with Gasteiger partial charge in [0.2, 0.25) is 0 Å². The molecule has 0 aromatic rings. The van der Waals surface area contributed by atoms with Crippen molar-refractivity contribution in [3.63, 3.8) is 0 Å². The van der Waals surface area contributed by atoms with E-state index in [9.17, 15) is 9.59 Å². The summed E-state index contributed by atoms with van der Waals surface area (Å²) in [5.41, 5.74) is 0. The number of hydrogen-bond donors (Lipinski definition) is 1. The Morgan fingerprint density at radius 3 is 1.93 bits per heavy atom. The summed E-state index contributed by atoms with van der Waals surface area (Å²) in [5, 5.41) is 2.71. The number of carbonyl (C=O) groups excluding carboxylic acids is 2. The van der Waals surface area contributed by atoms with Crippen molar-refractivity contribution in [2.24, 2.45) is 17.8 Å². The first-order chi connectivity index (χ1) is 14.8. The van der Waals surface area contributed by atoms with E-state index >= 15 is 0 Å². The summed E-state index contributed by atoms with van der Waals surface area (Å²) in [5.74, 6) is 8.25. The molecule has 0 heterocycles. The highest BCUT2D eigenvalue weighted by atomic mass is 16.6. The normalized spacial score (nSPS) is 22.1. The molecule has 170 valence electrons. The topological polar surface area (TPSA) is 92.3 Å². The SMILES string of the molecule is O=CCCOCCOCCOCCOCCNC(=O)OCC1C2CCC#CCCC21. The Hall–Kier alpha value is -1.66. The van der Waals surface area contributed by atoms with E-state index in [4.69, 9.17) is 23.7 Å². The van der Waals surface area contributed by atoms with Crippen LogP contribution in [0.25, 0.3) is 0 Å². The van der Waals surface area contributed by atoms with Gasteiger partial charge < -0.3 is 33.8 Å². The van der Waals surface area contributed by atoms with Gasteiger partial charge in [0.15, 0.2) is 0 Å². The van der Waals surface area contributed by atoms with Crippen LogP contribution in [0.3, 0.4) is 0 Å². The van der Waals surface area contributed by atoms with E-state index in [1.54, 1.807) is 0 Å². The smallest absolute Gasteiger partial charge is 0.407 e. The molecular weight excluding hydrogens is 390 g/mol. The Morgan fingerprint density at radius 1 is 0.833 bits per heavy atom. The summed E-state index contributed by atoms with van der Waals surface area (Å²) in [6, 6.07) is 0. The molecule has 0 bridgehead atoms. The number of ether oxygens (including phenoxy) is 5. The minimum absolute atomic E-state index is 0.377. The van der Waals surface area contributed by atoms with E-state index in [-0.39, 0.29) is 6.09 Å². The molecule has 2 atom stereocenters.